The number of ether oxygens (including phenoxy) is 1. The summed E-state index contributed by atoms with van der Waals surface area (Å²) in [6.07, 6.45) is -1.05. The van der Waals surface area contributed by atoms with E-state index in [0.29, 0.717) is 16.9 Å². The van der Waals surface area contributed by atoms with Crippen LogP contribution in [0.3, 0.4) is 0 Å². The lowest BCUT2D eigenvalue weighted by molar-refractivity contribution is -0.156. The molecule has 27 heavy (non-hydrogen) atoms. The lowest BCUT2D eigenvalue weighted by Gasteiger charge is -2.24. The number of hydrogen-bond donors (Lipinski definition) is 1. The molecule has 2 heterocycles. The van der Waals surface area contributed by atoms with Gasteiger partial charge in [0.15, 0.2) is 0 Å². The summed E-state index contributed by atoms with van der Waals surface area (Å²) < 4.78 is 46.4. The van der Waals surface area contributed by atoms with Gasteiger partial charge in [0.25, 0.3) is 0 Å². The van der Waals surface area contributed by atoms with Crippen molar-refractivity contribution in [3.05, 3.63) is 58.4 Å². The van der Waals surface area contributed by atoms with Crippen LogP contribution in [-0.4, -0.2) is 29.9 Å². The fourth-order valence-corrected chi connectivity index (χ4v) is 3.66. The summed E-state index contributed by atoms with van der Waals surface area (Å²) >= 11 is 6.16. The van der Waals surface area contributed by atoms with Crippen molar-refractivity contribution < 1.29 is 17.9 Å². The molecule has 1 aromatic heterocycles. The number of benzene rings is 1. The van der Waals surface area contributed by atoms with E-state index in [0.717, 1.165) is 0 Å². The minimum Gasteiger partial charge on any atom is -0.492 e. The van der Waals surface area contributed by atoms with E-state index in [-0.39, 0.29) is 23.6 Å². The third kappa shape index (κ3) is 4.18. The van der Waals surface area contributed by atoms with Gasteiger partial charge in [0.05, 0.1) is 10.6 Å². The Morgan fingerprint density at radius 2 is 2.00 bits per heavy atom. The summed E-state index contributed by atoms with van der Waals surface area (Å²) in [6.45, 7) is 1.75. The molecule has 2 aromatic rings. The van der Waals surface area contributed by atoms with Gasteiger partial charge in [0, 0.05) is 24.4 Å². The number of alkyl halides is 3. The van der Waals surface area contributed by atoms with E-state index in [1.165, 1.54) is 6.07 Å². The first-order valence-corrected chi connectivity index (χ1v) is 8.73. The van der Waals surface area contributed by atoms with Crippen molar-refractivity contribution in [3.63, 3.8) is 0 Å². The first kappa shape index (κ1) is 19.5. The molecule has 3 atom stereocenters. The molecule has 3 rings (SSSR count). The summed E-state index contributed by atoms with van der Waals surface area (Å²) in [5.74, 6) is -0.252. The standard InChI is InChI=1S/C19H17ClF3N3O/c1-11-15(3-2-12(9-24)17(11)20)16-8-13(26-18(16)19(21,22)23)10-27-14-4-6-25-7-5-14/h2-7,13,16,18,26H,8,10H2,1H3/t13-,16?,18+/m0/s1. The fraction of sp³-hybridized carbons (Fsp3) is 0.368. The number of pyridine rings is 1. The second kappa shape index (κ2) is 7.75. The lowest BCUT2D eigenvalue weighted by Crippen LogP contribution is -2.44. The average Bonchev–Trinajstić information content (AvgIpc) is 3.07. The molecule has 1 fully saturated rings. The molecule has 1 N–H and O–H groups in total. The van der Waals surface area contributed by atoms with Gasteiger partial charge in [-0.25, -0.2) is 0 Å². The van der Waals surface area contributed by atoms with Crippen LogP contribution in [0.5, 0.6) is 5.75 Å². The van der Waals surface area contributed by atoms with Crippen molar-refractivity contribution in [2.75, 3.05) is 6.61 Å². The van der Waals surface area contributed by atoms with Crippen LogP contribution in [0, 0.1) is 18.3 Å². The Kier molecular flexibility index (Phi) is 5.59. The highest BCUT2D eigenvalue weighted by molar-refractivity contribution is 6.32. The van der Waals surface area contributed by atoms with Gasteiger partial charge in [-0.1, -0.05) is 17.7 Å². The van der Waals surface area contributed by atoms with Crippen LogP contribution >= 0.6 is 11.6 Å². The number of nitrogens with one attached hydrogen (secondary N) is 1. The zero-order chi connectivity index (χ0) is 19.6. The van der Waals surface area contributed by atoms with Crippen LogP contribution in [-0.2, 0) is 0 Å². The number of hydrogen-bond acceptors (Lipinski definition) is 4. The summed E-state index contributed by atoms with van der Waals surface area (Å²) in [6, 6.07) is 6.12. The normalized spacial score (nSPS) is 22.4. The molecule has 0 aliphatic carbocycles. The summed E-state index contributed by atoms with van der Waals surface area (Å²) in [4.78, 5) is 3.87. The summed E-state index contributed by atoms with van der Waals surface area (Å²) in [5, 5.41) is 11.9. The molecule has 142 valence electrons. The number of aromatic nitrogens is 1. The van der Waals surface area contributed by atoms with Crippen molar-refractivity contribution in [2.45, 2.75) is 37.5 Å². The van der Waals surface area contributed by atoms with E-state index in [1.807, 2.05) is 6.07 Å². The molecule has 1 aliphatic rings. The van der Waals surface area contributed by atoms with Gasteiger partial charge in [-0.05, 0) is 42.7 Å². The van der Waals surface area contributed by atoms with E-state index >= 15 is 0 Å². The molecule has 0 bridgehead atoms. The quantitative estimate of drug-likeness (QED) is 0.835. The number of halogens is 4. The molecule has 0 amide bonds. The maximum atomic E-state index is 13.6. The lowest BCUT2D eigenvalue weighted by atomic mass is 9.87. The Labute approximate surface area is 159 Å². The van der Waals surface area contributed by atoms with E-state index < -0.39 is 24.2 Å². The molecule has 0 radical (unpaired) electrons. The molecule has 1 aromatic carbocycles. The van der Waals surface area contributed by atoms with Gasteiger partial charge < -0.3 is 4.74 Å². The first-order valence-electron chi connectivity index (χ1n) is 8.36. The van der Waals surface area contributed by atoms with E-state index in [4.69, 9.17) is 21.6 Å². The predicted molar refractivity (Wildman–Crippen MR) is 94.8 cm³/mol. The minimum atomic E-state index is -4.41. The Bertz CT molecular complexity index is 852. The highest BCUT2D eigenvalue weighted by atomic mass is 35.5. The van der Waals surface area contributed by atoms with Gasteiger partial charge >= 0.3 is 6.18 Å². The van der Waals surface area contributed by atoms with Crippen molar-refractivity contribution >= 4 is 11.6 Å². The maximum Gasteiger partial charge on any atom is 0.404 e. The molecule has 0 spiro atoms. The van der Waals surface area contributed by atoms with Gasteiger partial charge in [-0.3, -0.25) is 10.3 Å². The minimum absolute atomic E-state index is 0.107. The molecule has 1 unspecified atom stereocenters. The van der Waals surface area contributed by atoms with Crippen LogP contribution in [0.15, 0.2) is 36.7 Å². The smallest absolute Gasteiger partial charge is 0.404 e. The predicted octanol–water partition coefficient (Wildman–Crippen LogP) is 4.37. The van der Waals surface area contributed by atoms with Gasteiger partial charge in [0.1, 0.15) is 24.5 Å². The summed E-state index contributed by atoms with van der Waals surface area (Å²) in [7, 11) is 0. The Balaban J connectivity index is 1.83. The summed E-state index contributed by atoms with van der Waals surface area (Å²) in [5.41, 5.74) is 1.26. The number of rotatable bonds is 4. The largest absolute Gasteiger partial charge is 0.492 e. The Hall–Kier alpha value is -2.30. The average molecular weight is 396 g/mol. The molecular weight excluding hydrogens is 379 g/mol. The van der Waals surface area contributed by atoms with Crippen molar-refractivity contribution in [1.82, 2.24) is 10.3 Å². The second-order valence-electron chi connectivity index (χ2n) is 6.47. The fourth-order valence-electron chi connectivity index (χ4n) is 3.45. The maximum absolute atomic E-state index is 13.6. The molecule has 4 nitrogen and oxygen atoms in total. The van der Waals surface area contributed by atoms with E-state index in [2.05, 4.69) is 10.3 Å². The highest BCUT2D eigenvalue weighted by Gasteiger charge is 2.51. The van der Waals surface area contributed by atoms with Crippen molar-refractivity contribution in [3.8, 4) is 11.8 Å². The molecular formula is C19H17ClF3N3O. The van der Waals surface area contributed by atoms with Gasteiger partial charge in [0.2, 0.25) is 0 Å². The van der Waals surface area contributed by atoms with E-state index in [9.17, 15) is 13.2 Å². The highest BCUT2D eigenvalue weighted by Crippen LogP contribution is 2.42. The monoisotopic (exact) mass is 395 g/mol. The number of nitrogens with zero attached hydrogens (tertiary/aromatic N) is 2. The van der Waals surface area contributed by atoms with Crippen LogP contribution in [0.25, 0.3) is 0 Å². The molecule has 0 saturated carbocycles. The van der Waals surface area contributed by atoms with Gasteiger partial charge in [-0.15, -0.1) is 0 Å². The first-order chi connectivity index (χ1) is 12.8. The van der Waals surface area contributed by atoms with Crippen molar-refractivity contribution in [2.24, 2.45) is 0 Å². The SMILES string of the molecule is Cc1c(C2C[C@@H](COc3ccncc3)N[C@H]2C(F)(F)F)ccc(C#N)c1Cl. The topological polar surface area (TPSA) is 57.9 Å². The number of nitriles is 1. The van der Waals surface area contributed by atoms with Crippen LogP contribution in [0.4, 0.5) is 13.2 Å². The van der Waals surface area contributed by atoms with E-state index in [1.54, 1.807) is 37.5 Å². The Morgan fingerprint density at radius 1 is 1.30 bits per heavy atom. The molecule has 1 aliphatic heterocycles. The third-order valence-electron chi connectivity index (χ3n) is 4.76. The third-order valence-corrected chi connectivity index (χ3v) is 5.24. The zero-order valence-electron chi connectivity index (χ0n) is 14.4. The van der Waals surface area contributed by atoms with Gasteiger partial charge in [-0.2, -0.15) is 18.4 Å². The van der Waals surface area contributed by atoms with Crippen LogP contribution < -0.4 is 10.1 Å². The van der Waals surface area contributed by atoms with Crippen LogP contribution in [0.2, 0.25) is 5.02 Å². The van der Waals surface area contributed by atoms with Crippen LogP contribution in [0.1, 0.15) is 29.0 Å². The Morgan fingerprint density at radius 3 is 2.63 bits per heavy atom. The zero-order valence-corrected chi connectivity index (χ0v) is 15.2. The second-order valence-corrected chi connectivity index (χ2v) is 6.85. The molecule has 8 heteroatoms. The van der Waals surface area contributed by atoms with Crippen molar-refractivity contribution in [1.29, 1.82) is 5.26 Å². The molecule has 1 saturated heterocycles.